The number of rotatable bonds is 4. The normalized spacial score (nSPS) is 22.8. The van der Waals surface area contributed by atoms with Gasteiger partial charge in [0.1, 0.15) is 6.61 Å². The van der Waals surface area contributed by atoms with Gasteiger partial charge in [-0.05, 0) is 32.9 Å². The lowest BCUT2D eigenvalue weighted by molar-refractivity contribution is -0.143. The lowest BCUT2D eigenvalue weighted by Gasteiger charge is -2.40. The third-order valence-corrected chi connectivity index (χ3v) is 3.52. The van der Waals surface area contributed by atoms with Crippen molar-refractivity contribution in [1.82, 2.24) is 14.7 Å². The first kappa shape index (κ1) is 16.8. The number of ether oxygens (including phenoxy) is 1. The molecule has 0 saturated carbocycles. The van der Waals surface area contributed by atoms with Crippen LogP contribution in [0.2, 0.25) is 0 Å². The number of hydrogen-bond donors (Lipinski definition) is 0. The largest absolute Gasteiger partial charge is 0.464 e. The summed E-state index contributed by atoms with van der Waals surface area (Å²) in [4.78, 5) is 28.9. The van der Waals surface area contributed by atoms with E-state index in [0.29, 0.717) is 19.2 Å². The molecule has 0 aliphatic carbocycles. The van der Waals surface area contributed by atoms with Crippen molar-refractivity contribution in [3.05, 3.63) is 0 Å². The molecule has 1 rings (SSSR count). The number of piperidine rings is 1. The van der Waals surface area contributed by atoms with E-state index in [1.165, 1.54) is 6.92 Å². The predicted octanol–water partition coefficient (Wildman–Crippen LogP) is 1.22. The Morgan fingerprint density at radius 1 is 1.30 bits per heavy atom. The maximum Gasteiger partial charge on any atom is 0.321 e. The van der Waals surface area contributed by atoms with E-state index in [2.05, 4.69) is 6.92 Å². The van der Waals surface area contributed by atoms with E-state index in [1.54, 1.807) is 11.9 Å². The molecule has 116 valence electrons. The highest BCUT2D eigenvalue weighted by atomic mass is 16.5. The zero-order valence-corrected chi connectivity index (χ0v) is 13.3. The quantitative estimate of drug-likeness (QED) is 0.576. The summed E-state index contributed by atoms with van der Waals surface area (Å²) in [5, 5.41) is 0. The number of carbonyl (C=O) groups excluding carboxylic acids is 2. The lowest BCUT2D eigenvalue weighted by atomic mass is 9.93. The second-order valence-corrected chi connectivity index (χ2v) is 5.98. The molecule has 0 bridgehead atoms. The van der Waals surface area contributed by atoms with Crippen molar-refractivity contribution in [2.75, 3.05) is 41.0 Å². The SMILES string of the molecule is CC(=O)OCC1CC(C)CCN1C(=O)N(C)CN(C)C. The van der Waals surface area contributed by atoms with Gasteiger partial charge in [-0.2, -0.15) is 0 Å². The first-order valence-corrected chi connectivity index (χ1v) is 7.11. The molecule has 0 aromatic carbocycles. The Labute approximate surface area is 121 Å². The fourth-order valence-electron chi connectivity index (χ4n) is 2.58. The maximum atomic E-state index is 12.5. The fourth-order valence-corrected chi connectivity index (χ4v) is 2.58. The van der Waals surface area contributed by atoms with Crippen LogP contribution in [0.15, 0.2) is 0 Å². The second kappa shape index (κ2) is 7.47. The van der Waals surface area contributed by atoms with Crippen LogP contribution < -0.4 is 0 Å². The van der Waals surface area contributed by atoms with Crippen LogP contribution in [0, 0.1) is 5.92 Å². The molecule has 0 aromatic rings. The van der Waals surface area contributed by atoms with Crippen molar-refractivity contribution in [2.45, 2.75) is 32.7 Å². The van der Waals surface area contributed by atoms with Gasteiger partial charge >= 0.3 is 12.0 Å². The molecule has 1 fully saturated rings. The van der Waals surface area contributed by atoms with E-state index >= 15 is 0 Å². The van der Waals surface area contributed by atoms with Crippen molar-refractivity contribution >= 4 is 12.0 Å². The van der Waals surface area contributed by atoms with Crippen molar-refractivity contribution < 1.29 is 14.3 Å². The van der Waals surface area contributed by atoms with Gasteiger partial charge in [-0.15, -0.1) is 0 Å². The number of urea groups is 1. The minimum Gasteiger partial charge on any atom is -0.464 e. The molecule has 6 heteroatoms. The van der Waals surface area contributed by atoms with Crippen molar-refractivity contribution in [3.63, 3.8) is 0 Å². The van der Waals surface area contributed by atoms with E-state index in [-0.39, 0.29) is 18.0 Å². The molecule has 0 spiro atoms. The summed E-state index contributed by atoms with van der Waals surface area (Å²) < 4.78 is 5.11. The summed E-state index contributed by atoms with van der Waals surface area (Å²) in [5.74, 6) is 0.260. The van der Waals surface area contributed by atoms with Gasteiger partial charge < -0.3 is 14.5 Å². The number of hydrogen-bond acceptors (Lipinski definition) is 4. The van der Waals surface area contributed by atoms with Crippen LogP contribution in [-0.4, -0.2) is 73.7 Å². The summed E-state index contributed by atoms with van der Waals surface area (Å²) in [6, 6.07) is -0.0116. The van der Waals surface area contributed by atoms with Gasteiger partial charge in [0.05, 0.1) is 12.7 Å². The zero-order chi connectivity index (χ0) is 15.3. The topological polar surface area (TPSA) is 53.1 Å². The van der Waals surface area contributed by atoms with Crippen molar-refractivity contribution in [2.24, 2.45) is 5.92 Å². The first-order chi connectivity index (χ1) is 9.31. The van der Waals surface area contributed by atoms with Crippen LogP contribution in [0.3, 0.4) is 0 Å². The van der Waals surface area contributed by atoms with E-state index in [4.69, 9.17) is 4.74 Å². The highest BCUT2D eigenvalue weighted by Crippen LogP contribution is 2.23. The zero-order valence-electron chi connectivity index (χ0n) is 13.3. The highest BCUT2D eigenvalue weighted by Gasteiger charge is 2.32. The molecule has 2 unspecified atom stereocenters. The molecule has 1 aliphatic heterocycles. The highest BCUT2D eigenvalue weighted by molar-refractivity contribution is 5.74. The first-order valence-electron chi connectivity index (χ1n) is 7.11. The van der Waals surface area contributed by atoms with E-state index in [9.17, 15) is 9.59 Å². The predicted molar refractivity (Wildman–Crippen MR) is 77.2 cm³/mol. The number of amides is 2. The van der Waals surface area contributed by atoms with Gasteiger partial charge in [0.25, 0.3) is 0 Å². The molecule has 0 N–H and O–H groups in total. The number of carbonyl (C=O) groups is 2. The summed E-state index contributed by atoms with van der Waals surface area (Å²) in [5.41, 5.74) is 0. The second-order valence-electron chi connectivity index (χ2n) is 5.98. The summed E-state index contributed by atoms with van der Waals surface area (Å²) in [7, 11) is 5.65. The van der Waals surface area contributed by atoms with Crippen LogP contribution >= 0.6 is 0 Å². The molecule has 1 heterocycles. The van der Waals surface area contributed by atoms with E-state index in [0.717, 1.165) is 19.4 Å². The summed E-state index contributed by atoms with van der Waals surface area (Å²) in [6.07, 6.45) is 1.88. The maximum absolute atomic E-state index is 12.5. The molecule has 2 atom stereocenters. The third kappa shape index (κ3) is 5.00. The Bertz CT molecular complexity index is 347. The Balaban J connectivity index is 2.67. The Kier molecular flexibility index (Phi) is 6.26. The number of nitrogens with zero attached hydrogens (tertiary/aromatic N) is 3. The molecular formula is C14H27N3O3. The molecular weight excluding hydrogens is 258 g/mol. The summed E-state index contributed by atoms with van der Waals surface area (Å²) >= 11 is 0. The number of likely N-dealkylation sites (tertiary alicyclic amines) is 1. The molecule has 1 saturated heterocycles. The van der Waals surface area contributed by atoms with Gasteiger partial charge in [0.15, 0.2) is 0 Å². The average Bonchev–Trinajstić information content (AvgIpc) is 2.34. The van der Waals surface area contributed by atoms with Gasteiger partial charge in [-0.1, -0.05) is 6.92 Å². The minimum atomic E-state index is -0.294. The average molecular weight is 285 g/mol. The van der Waals surface area contributed by atoms with Gasteiger partial charge in [-0.25, -0.2) is 4.79 Å². The molecule has 2 amide bonds. The Hall–Kier alpha value is -1.30. The summed E-state index contributed by atoms with van der Waals surface area (Å²) in [6.45, 7) is 5.17. The molecule has 0 aromatic heterocycles. The molecule has 6 nitrogen and oxygen atoms in total. The van der Waals surface area contributed by atoms with Crippen LogP contribution in [-0.2, 0) is 9.53 Å². The standard InChI is InChI=1S/C14H27N3O3/c1-11-6-7-17(13(8-11)9-20-12(2)18)14(19)16(5)10-15(3)4/h11,13H,6-10H2,1-5H3. The van der Waals surface area contributed by atoms with Gasteiger partial charge in [0.2, 0.25) is 0 Å². The molecule has 0 radical (unpaired) electrons. The van der Waals surface area contributed by atoms with Crippen LogP contribution in [0.5, 0.6) is 0 Å². The van der Waals surface area contributed by atoms with E-state index in [1.807, 2.05) is 23.9 Å². The van der Waals surface area contributed by atoms with E-state index < -0.39 is 0 Å². The van der Waals surface area contributed by atoms with Gasteiger partial charge in [-0.3, -0.25) is 9.69 Å². The minimum absolute atomic E-state index is 0.00255. The van der Waals surface area contributed by atoms with Crippen LogP contribution in [0.25, 0.3) is 0 Å². The van der Waals surface area contributed by atoms with Crippen molar-refractivity contribution in [1.29, 1.82) is 0 Å². The Morgan fingerprint density at radius 3 is 2.50 bits per heavy atom. The molecule has 20 heavy (non-hydrogen) atoms. The lowest BCUT2D eigenvalue weighted by Crippen LogP contribution is -2.53. The van der Waals surface area contributed by atoms with Crippen LogP contribution in [0.4, 0.5) is 4.79 Å². The fraction of sp³-hybridized carbons (Fsp3) is 0.857. The van der Waals surface area contributed by atoms with Crippen LogP contribution in [0.1, 0.15) is 26.7 Å². The monoisotopic (exact) mass is 285 g/mol. The third-order valence-electron chi connectivity index (χ3n) is 3.52. The smallest absolute Gasteiger partial charge is 0.321 e. The van der Waals surface area contributed by atoms with Crippen molar-refractivity contribution in [3.8, 4) is 0 Å². The number of esters is 1. The Morgan fingerprint density at radius 2 is 1.95 bits per heavy atom. The molecule has 1 aliphatic rings. The van der Waals surface area contributed by atoms with Gasteiger partial charge in [0, 0.05) is 20.5 Å².